The molecule has 0 radical (unpaired) electrons. The van der Waals surface area contributed by atoms with E-state index < -0.39 is 17.9 Å². The molecule has 0 saturated carbocycles. The van der Waals surface area contributed by atoms with E-state index in [1.807, 2.05) is 30.0 Å². The highest BCUT2D eigenvalue weighted by atomic mass is 19.4. The minimum absolute atomic E-state index is 0.0848. The fourth-order valence-corrected chi connectivity index (χ4v) is 4.87. The molecule has 0 spiro atoms. The number of hydrogen-bond acceptors (Lipinski definition) is 7. The standard InChI is InChI=1S/C25H30F3N3O5/c1-15-20(36-25(26,27)28)7-8-23(29-15)31-10-18(11-31)35-22-9-17(5-6-21(22)34-4)19-12-30(14-32)13-24(19,3)16(2)33/h5-9,14,16,18-19,33H,10-13H2,1-4H3/t16?,19-,24-/m0/s1. The Morgan fingerprint density at radius 3 is 2.44 bits per heavy atom. The topological polar surface area (TPSA) is 84.4 Å². The number of ether oxygens (including phenoxy) is 3. The normalized spacial score (nSPS) is 23.3. The Kier molecular flexibility index (Phi) is 6.96. The second-order valence-electron chi connectivity index (χ2n) is 9.63. The molecule has 2 aliphatic heterocycles. The molecule has 2 saturated heterocycles. The summed E-state index contributed by atoms with van der Waals surface area (Å²) in [7, 11) is 1.55. The third kappa shape index (κ3) is 5.16. The number of hydrogen-bond donors (Lipinski definition) is 1. The van der Waals surface area contributed by atoms with E-state index in [4.69, 9.17) is 9.47 Å². The molecular weight excluding hydrogens is 479 g/mol. The van der Waals surface area contributed by atoms with Gasteiger partial charge >= 0.3 is 6.36 Å². The van der Waals surface area contributed by atoms with Gasteiger partial charge in [0.25, 0.3) is 0 Å². The Morgan fingerprint density at radius 1 is 1.17 bits per heavy atom. The fourth-order valence-electron chi connectivity index (χ4n) is 4.87. The fraction of sp³-hybridized carbons (Fsp3) is 0.520. The van der Waals surface area contributed by atoms with Crippen LogP contribution in [-0.4, -0.2) is 73.3 Å². The number of aliphatic hydroxyl groups excluding tert-OH is 1. The lowest BCUT2D eigenvalue weighted by atomic mass is 9.72. The van der Waals surface area contributed by atoms with Crippen molar-refractivity contribution in [3.8, 4) is 17.2 Å². The third-order valence-corrected chi connectivity index (χ3v) is 7.16. The second kappa shape index (κ2) is 9.68. The molecule has 1 aromatic carbocycles. The first-order valence-electron chi connectivity index (χ1n) is 11.6. The summed E-state index contributed by atoms with van der Waals surface area (Å²) >= 11 is 0. The molecule has 0 bridgehead atoms. The van der Waals surface area contributed by atoms with Gasteiger partial charge in [0.1, 0.15) is 11.9 Å². The van der Waals surface area contributed by atoms with Crippen molar-refractivity contribution in [3.05, 3.63) is 41.6 Å². The van der Waals surface area contributed by atoms with Crippen LogP contribution in [-0.2, 0) is 4.79 Å². The number of halogens is 3. The van der Waals surface area contributed by atoms with Crippen LogP contribution in [0, 0.1) is 12.3 Å². The van der Waals surface area contributed by atoms with Gasteiger partial charge in [0.15, 0.2) is 17.2 Å². The van der Waals surface area contributed by atoms with Gasteiger partial charge < -0.3 is 29.1 Å². The Hall–Kier alpha value is -3.21. The maximum absolute atomic E-state index is 12.5. The van der Waals surface area contributed by atoms with Crippen LogP contribution in [0.2, 0.25) is 0 Å². The van der Waals surface area contributed by atoms with Crippen molar-refractivity contribution in [3.63, 3.8) is 0 Å². The first kappa shape index (κ1) is 25.9. The Labute approximate surface area is 207 Å². The van der Waals surface area contributed by atoms with Crippen molar-refractivity contribution in [1.82, 2.24) is 9.88 Å². The summed E-state index contributed by atoms with van der Waals surface area (Å²) in [5, 5.41) is 10.5. The minimum atomic E-state index is -4.77. The van der Waals surface area contributed by atoms with Crippen LogP contribution in [0.15, 0.2) is 30.3 Å². The first-order valence-corrected chi connectivity index (χ1v) is 11.6. The number of aliphatic hydroxyl groups is 1. The average Bonchev–Trinajstić information content (AvgIpc) is 3.14. The van der Waals surface area contributed by atoms with Gasteiger partial charge in [0.05, 0.1) is 32.0 Å². The summed E-state index contributed by atoms with van der Waals surface area (Å²) in [5.41, 5.74) is 0.573. The van der Waals surface area contributed by atoms with Crippen molar-refractivity contribution < 1.29 is 37.3 Å². The summed E-state index contributed by atoms with van der Waals surface area (Å²) in [6.45, 7) is 7.11. The largest absolute Gasteiger partial charge is 0.573 e. The number of likely N-dealkylation sites (tertiary alicyclic amines) is 1. The van der Waals surface area contributed by atoms with Gasteiger partial charge in [-0.25, -0.2) is 4.98 Å². The van der Waals surface area contributed by atoms with Gasteiger partial charge in [-0.2, -0.15) is 0 Å². The molecule has 36 heavy (non-hydrogen) atoms. The molecule has 1 aromatic heterocycles. The lowest BCUT2D eigenvalue weighted by molar-refractivity contribution is -0.275. The number of pyridine rings is 1. The number of carbonyl (C=O) groups excluding carboxylic acids is 1. The quantitative estimate of drug-likeness (QED) is 0.546. The molecule has 2 aliphatic rings. The molecule has 2 fully saturated rings. The Bertz CT molecular complexity index is 1110. The number of aryl methyl sites for hydroxylation is 1. The van der Waals surface area contributed by atoms with E-state index in [0.717, 1.165) is 12.0 Å². The smallest absolute Gasteiger partial charge is 0.493 e. The predicted molar refractivity (Wildman–Crippen MR) is 125 cm³/mol. The number of rotatable bonds is 8. The van der Waals surface area contributed by atoms with E-state index >= 15 is 0 Å². The number of alkyl halides is 3. The molecule has 2 aromatic rings. The van der Waals surface area contributed by atoms with E-state index in [-0.39, 0.29) is 23.5 Å². The van der Waals surface area contributed by atoms with Gasteiger partial charge in [-0.1, -0.05) is 13.0 Å². The number of amides is 1. The molecule has 3 atom stereocenters. The van der Waals surface area contributed by atoms with Crippen LogP contribution < -0.4 is 19.1 Å². The zero-order valence-corrected chi connectivity index (χ0v) is 20.6. The molecule has 196 valence electrons. The zero-order valence-electron chi connectivity index (χ0n) is 20.6. The lowest BCUT2D eigenvalue weighted by Gasteiger charge is -2.40. The molecule has 4 rings (SSSR count). The van der Waals surface area contributed by atoms with E-state index in [1.54, 1.807) is 18.9 Å². The number of carbonyl (C=O) groups is 1. The van der Waals surface area contributed by atoms with E-state index in [0.29, 0.717) is 43.5 Å². The van der Waals surface area contributed by atoms with Gasteiger partial charge in [-0.05, 0) is 43.7 Å². The van der Waals surface area contributed by atoms with Crippen molar-refractivity contribution >= 4 is 12.2 Å². The van der Waals surface area contributed by atoms with Crippen molar-refractivity contribution in [1.29, 1.82) is 0 Å². The van der Waals surface area contributed by atoms with Crippen LogP contribution in [0.25, 0.3) is 0 Å². The molecule has 1 N–H and O–H groups in total. The maximum Gasteiger partial charge on any atom is 0.573 e. The molecule has 8 nitrogen and oxygen atoms in total. The number of anilines is 1. The Morgan fingerprint density at radius 2 is 1.86 bits per heavy atom. The SMILES string of the molecule is COc1ccc([C@@H]2CN(C=O)C[C@@]2(C)C(C)O)cc1OC1CN(c2ccc(OC(F)(F)F)c(C)n2)C1. The number of methoxy groups -OCH3 is 1. The third-order valence-electron chi connectivity index (χ3n) is 7.16. The van der Waals surface area contributed by atoms with Crippen LogP contribution in [0.5, 0.6) is 17.2 Å². The van der Waals surface area contributed by atoms with E-state index in [2.05, 4.69) is 9.72 Å². The summed E-state index contributed by atoms with van der Waals surface area (Å²) in [4.78, 5) is 19.2. The number of benzene rings is 1. The summed E-state index contributed by atoms with van der Waals surface area (Å²) < 4.78 is 53.2. The zero-order chi connectivity index (χ0) is 26.3. The molecular formula is C25H30F3N3O5. The van der Waals surface area contributed by atoms with Crippen molar-refractivity contribution in [2.75, 3.05) is 38.2 Å². The highest BCUT2D eigenvalue weighted by molar-refractivity contribution is 5.51. The molecule has 11 heteroatoms. The van der Waals surface area contributed by atoms with Crippen molar-refractivity contribution in [2.45, 2.75) is 45.3 Å². The van der Waals surface area contributed by atoms with Gasteiger partial charge in [0.2, 0.25) is 6.41 Å². The van der Waals surface area contributed by atoms with E-state index in [9.17, 15) is 23.1 Å². The second-order valence-corrected chi connectivity index (χ2v) is 9.63. The van der Waals surface area contributed by atoms with Gasteiger partial charge in [0, 0.05) is 24.4 Å². The molecule has 1 amide bonds. The van der Waals surface area contributed by atoms with Crippen LogP contribution in [0.4, 0.5) is 19.0 Å². The average molecular weight is 510 g/mol. The summed E-state index contributed by atoms with van der Waals surface area (Å²) in [6, 6.07) is 8.39. The molecule has 3 heterocycles. The van der Waals surface area contributed by atoms with Gasteiger partial charge in [-0.15, -0.1) is 13.2 Å². The maximum atomic E-state index is 12.5. The number of aromatic nitrogens is 1. The predicted octanol–water partition coefficient (Wildman–Crippen LogP) is 3.51. The molecule has 1 unspecified atom stereocenters. The summed E-state index contributed by atoms with van der Waals surface area (Å²) in [6.07, 6.45) is -4.76. The first-order chi connectivity index (χ1) is 16.9. The highest BCUT2D eigenvalue weighted by Gasteiger charge is 2.47. The molecule has 0 aliphatic carbocycles. The van der Waals surface area contributed by atoms with Crippen LogP contribution in [0.1, 0.15) is 31.0 Å². The minimum Gasteiger partial charge on any atom is -0.493 e. The monoisotopic (exact) mass is 509 g/mol. The summed E-state index contributed by atoms with van der Waals surface area (Å²) in [5.74, 6) is 1.23. The highest BCUT2D eigenvalue weighted by Crippen LogP contribution is 2.46. The van der Waals surface area contributed by atoms with Crippen LogP contribution >= 0.6 is 0 Å². The Balaban J connectivity index is 1.46. The lowest BCUT2D eigenvalue weighted by Crippen LogP contribution is -2.54. The van der Waals surface area contributed by atoms with E-state index in [1.165, 1.54) is 19.1 Å². The number of nitrogens with zero attached hydrogens (tertiary/aromatic N) is 3. The van der Waals surface area contributed by atoms with Crippen LogP contribution in [0.3, 0.4) is 0 Å². The van der Waals surface area contributed by atoms with Gasteiger partial charge in [-0.3, -0.25) is 4.79 Å². The van der Waals surface area contributed by atoms with Crippen molar-refractivity contribution in [2.24, 2.45) is 5.41 Å².